The second kappa shape index (κ2) is 6.62. The highest BCUT2D eigenvalue weighted by Gasteiger charge is 2.60. The number of aryl methyl sites for hydroxylation is 1. The molecule has 1 aliphatic heterocycles. The van der Waals surface area contributed by atoms with Gasteiger partial charge in [-0.15, -0.1) is 0 Å². The smallest absolute Gasteiger partial charge is 0.243 e. The topological polar surface area (TPSA) is 38.3 Å². The molecule has 6 unspecified atom stereocenters. The highest BCUT2D eigenvalue weighted by Crippen LogP contribution is 2.64. The van der Waals surface area contributed by atoms with Gasteiger partial charge in [-0.2, -0.15) is 0 Å². The predicted molar refractivity (Wildman–Crippen MR) is 116 cm³/mol. The Hall–Kier alpha value is -1.77. The number of carbonyl (C=O) groups excluding carboxylic acids is 1. The maximum absolute atomic E-state index is 12.0. The van der Waals surface area contributed by atoms with Crippen molar-refractivity contribution < 1.29 is 9.53 Å². The van der Waals surface area contributed by atoms with E-state index in [1.807, 2.05) is 0 Å². The molecule has 1 N–H and O–H groups in total. The molecule has 0 aromatic heterocycles. The second-order valence-electron chi connectivity index (χ2n) is 10.9. The zero-order chi connectivity index (χ0) is 20.4. The molecule has 0 spiro atoms. The van der Waals surface area contributed by atoms with E-state index in [0.29, 0.717) is 29.4 Å². The number of fused-ring (bicyclic) bond motifs is 5. The van der Waals surface area contributed by atoms with Gasteiger partial charge in [0.25, 0.3) is 0 Å². The van der Waals surface area contributed by atoms with Crippen LogP contribution in [0.25, 0.3) is 0 Å². The normalized spacial score (nSPS) is 45.7. The summed E-state index contributed by atoms with van der Waals surface area (Å²) in [6.45, 7) is 9.47. The molecule has 1 amide bonds. The van der Waals surface area contributed by atoms with Gasteiger partial charge in [-0.25, -0.2) is 0 Å². The van der Waals surface area contributed by atoms with Crippen LogP contribution in [0.3, 0.4) is 0 Å². The van der Waals surface area contributed by atoms with Crippen LogP contribution in [0, 0.1) is 41.4 Å². The molecule has 0 saturated heterocycles. The van der Waals surface area contributed by atoms with Gasteiger partial charge in [0.15, 0.2) is 0 Å². The van der Waals surface area contributed by atoms with Gasteiger partial charge >= 0.3 is 0 Å². The molecule has 0 bridgehead atoms. The first-order valence-electron chi connectivity index (χ1n) is 11.5. The zero-order valence-electron chi connectivity index (χ0n) is 18.3. The Bertz CT molecular complexity index is 830. The maximum Gasteiger partial charge on any atom is 0.243 e. The fourth-order valence-electron chi connectivity index (χ4n) is 7.58. The van der Waals surface area contributed by atoms with Crippen molar-refractivity contribution in [3.63, 3.8) is 0 Å². The largest absolute Gasteiger partial charge is 0.490 e. The summed E-state index contributed by atoms with van der Waals surface area (Å²) in [5.41, 5.74) is 1.76. The first-order chi connectivity index (χ1) is 13.8. The van der Waals surface area contributed by atoms with Crippen LogP contribution in [0.15, 0.2) is 36.4 Å². The Morgan fingerprint density at radius 2 is 1.86 bits per heavy atom. The van der Waals surface area contributed by atoms with E-state index < -0.39 is 0 Å². The summed E-state index contributed by atoms with van der Waals surface area (Å²) in [7, 11) is 0. The number of hydrogen-bond acceptors (Lipinski definition) is 2. The highest BCUT2D eigenvalue weighted by atomic mass is 16.5. The van der Waals surface area contributed by atoms with Crippen LogP contribution < -0.4 is 10.1 Å². The number of amides is 1. The lowest BCUT2D eigenvalue weighted by molar-refractivity contribution is -0.124. The highest BCUT2D eigenvalue weighted by molar-refractivity contribution is 5.89. The molecule has 3 fully saturated rings. The van der Waals surface area contributed by atoms with Gasteiger partial charge < -0.3 is 10.1 Å². The van der Waals surface area contributed by atoms with E-state index >= 15 is 0 Å². The van der Waals surface area contributed by atoms with Crippen LogP contribution in [0.4, 0.5) is 0 Å². The van der Waals surface area contributed by atoms with Crippen molar-refractivity contribution in [3.8, 4) is 5.75 Å². The van der Waals surface area contributed by atoms with E-state index in [4.69, 9.17) is 4.74 Å². The van der Waals surface area contributed by atoms with Crippen LogP contribution in [0.2, 0.25) is 0 Å². The van der Waals surface area contributed by atoms with E-state index in [9.17, 15) is 4.79 Å². The average molecular weight is 394 g/mol. The molecule has 156 valence electrons. The SMILES string of the molecule is Cc1ccc(O[C@H]2CC3C4C(C)CC5NC(=O)C=C[C@]5(C)C4CCC3(C)C2)cc1. The third-order valence-corrected chi connectivity index (χ3v) is 9.11. The molecular formula is C26H35NO2. The Morgan fingerprint density at radius 1 is 1.10 bits per heavy atom. The van der Waals surface area contributed by atoms with Crippen LogP contribution in [0.5, 0.6) is 5.75 Å². The minimum atomic E-state index is 0.0891. The number of ether oxygens (including phenoxy) is 1. The molecule has 3 aliphatic carbocycles. The molecular weight excluding hydrogens is 358 g/mol. The standard InChI is InChI=1S/C26H35NO2/c1-16-5-7-18(8-6-16)29-19-14-21-24-17(2)13-22-26(4,12-10-23(28)27-22)20(24)9-11-25(21,3)15-19/h5-8,10,12,17,19-22,24H,9,11,13-15H2,1-4H3,(H,27,28)/t17?,19-,20?,21?,22?,24?,25?,26+/m0/s1. The Labute approximate surface area is 175 Å². The summed E-state index contributed by atoms with van der Waals surface area (Å²) in [5.74, 6) is 3.85. The van der Waals surface area contributed by atoms with Crippen molar-refractivity contribution in [2.45, 2.75) is 71.9 Å². The average Bonchev–Trinajstić information content (AvgIpc) is 3.01. The van der Waals surface area contributed by atoms with Crippen LogP contribution in [0.1, 0.15) is 58.4 Å². The van der Waals surface area contributed by atoms with E-state index in [1.165, 1.54) is 31.2 Å². The van der Waals surface area contributed by atoms with E-state index in [1.54, 1.807) is 6.08 Å². The second-order valence-corrected chi connectivity index (χ2v) is 10.9. The summed E-state index contributed by atoms with van der Waals surface area (Å²) in [4.78, 5) is 12.0. The fraction of sp³-hybridized carbons (Fsp3) is 0.654. The van der Waals surface area contributed by atoms with Crippen LogP contribution in [-0.4, -0.2) is 18.1 Å². The number of hydrogen-bond donors (Lipinski definition) is 1. The molecule has 5 rings (SSSR count). The first-order valence-corrected chi connectivity index (χ1v) is 11.5. The van der Waals surface area contributed by atoms with Crippen LogP contribution >= 0.6 is 0 Å². The van der Waals surface area contributed by atoms with Crippen molar-refractivity contribution in [1.82, 2.24) is 5.32 Å². The van der Waals surface area contributed by atoms with Crippen molar-refractivity contribution >= 4 is 5.91 Å². The molecule has 29 heavy (non-hydrogen) atoms. The Kier molecular flexibility index (Phi) is 4.38. The van der Waals surface area contributed by atoms with E-state index in [2.05, 4.69) is 63.4 Å². The van der Waals surface area contributed by atoms with Gasteiger partial charge in [-0.3, -0.25) is 4.79 Å². The van der Waals surface area contributed by atoms with Gasteiger partial charge in [0.2, 0.25) is 5.91 Å². The molecule has 3 heteroatoms. The minimum Gasteiger partial charge on any atom is -0.490 e. The van der Waals surface area contributed by atoms with Gasteiger partial charge in [0.1, 0.15) is 5.75 Å². The van der Waals surface area contributed by atoms with Gasteiger partial charge in [-0.1, -0.05) is 44.5 Å². The lowest BCUT2D eigenvalue weighted by atomic mass is 9.46. The third kappa shape index (κ3) is 3.04. The summed E-state index contributed by atoms with van der Waals surface area (Å²) in [6.07, 6.45) is 10.4. The third-order valence-electron chi connectivity index (χ3n) is 9.11. The summed E-state index contributed by atoms with van der Waals surface area (Å²) >= 11 is 0. The van der Waals surface area contributed by atoms with Gasteiger partial charge in [0, 0.05) is 11.5 Å². The molecule has 3 nitrogen and oxygen atoms in total. The van der Waals surface area contributed by atoms with E-state index in [-0.39, 0.29) is 11.3 Å². The number of nitrogens with one attached hydrogen (secondary N) is 1. The van der Waals surface area contributed by atoms with Crippen molar-refractivity contribution in [2.75, 3.05) is 0 Å². The molecule has 3 saturated carbocycles. The monoisotopic (exact) mass is 393 g/mol. The molecule has 4 aliphatic rings. The number of rotatable bonds is 2. The molecule has 0 radical (unpaired) electrons. The summed E-state index contributed by atoms with van der Waals surface area (Å²) in [5, 5.41) is 3.29. The van der Waals surface area contributed by atoms with Gasteiger partial charge in [-0.05, 0) is 86.3 Å². The molecule has 1 heterocycles. The minimum absolute atomic E-state index is 0.0891. The van der Waals surface area contributed by atoms with E-state index in [0.717, 1.165) is 24.0 Å². The van der Waals surface area contributed by atoms with Gasteiger partial charge in [0.05, 0.1) is 6.10 Å². The predicted octanol–water partition coefficient (Wildman–Crippen LogP) is 5.29. The maximum atomic E-state index is 12.0. The lowest BCUT2D eigenvalue weighted by Gasteiger charge is -2.60. The number of benzene rings is 1. The number of carbonyl (C=O) groups is 1. The Morgan fingerprint density at radius 3 is 2.62 bits per heavy atom. The summed E-state index contributed by atoms with van der Waals surface area (Å²) in [6, 6.07) is 8.81. The van der Waals surface area contributed by atoms with Crippen molar-refractivity contribution in [3.05, 3.63) is 42.0 Å². The quantitative estimate of drug-likeness (QED) is 0.742. The fourth-order valence-corrected chi connectivity index (χ4v) is 7.58. The van der Waals surface area contributed by atoms with Crippen molar-refractivity contribution in [1.29, 1.82) is 0 Å². The lowest BCUT2D eigenvalue weighted by Crippen LogP contribution is -2.61. The van der Waals surface area contributed by atoms with Crippen LogP contribution in [-0.2, 0) is 4.79 Å². The Balaban J connectivity index is 1.40. The zero-order valence-corrected chi connectivity index (χ0v) is 18.3. The molecule has 1 aromatic carbocycles. The molecule has 1 aromatic rings. The van der Waals surface area contributed by atoms with Crippen molar-refractivity contribution in [2.24, 2.45) is 34.5 Å². The summed E-state index contributed by atoms with van der Waals surface area (Å²) < 4.78 is 6.48. The molecule has 8 atom stereocenters. The first kappa shape index (κ1) is 19.2.